The van der Waals surface area contributed by atoms with Crippen LogP contribution in [0, 0.1) is 12.8 Å². The minimum atomic E-state index is -0.314. The van der Waals surface area contributed by atoms with Crippen LogP contribution in [0.2, 0.25) is 0 Å². The van der Waals surface area contributed by atoms with Gasteiger partial charge in [-0.1, -0.05) is 13.8 Å². The average molecular weight is 296 g/mol. The van der Waals surface area contributed by atoms with Crippen LogP contribution < -0.4 is 11.3 Å². The van der Waals surface area contributed by atoms with E-state index in [1.165, 1.54) is 0 Å². The molecule has 0 fully saturated rings. The number of aryl methyl sites for hydroxylation is 1. The van der Waals surface area contributed by atoms with Crippen molar-refractivity contribution in [1.82, 2.24) is 15.2 Å². The van der Waals surface area contributed by atoms with E-state index in [1.807, 2.05) is 0 Å². The summed E-state index contributed by atoms with van der Waals surface area (Å²) in [6.07, 6.45) is 0. The Kier molecular flexibility index (Phi) is 6.87. The molecule has 1 rings (SSSR count). The topological polar surface area (TPSA) is 74.7 Å². The van der Waals surface area contributed by atoms with Crippen molar-refractivity contribution in [2.24, 2.45) is 11.8 Å². The summed E-state index contributed by atoms with van der Waals surface area (Å²) in [5.74, 6) is 6.84. The Hall–Kier alpha value is -1.37. The first-order valence-corrected chi connectivity index (χ1v) is 7.30. The number of carbonyl (C=O) groups excluding carboxylic acids is 1. The lowest BCUT2D eigenvalue weighted by Crippen LogP contribution is -2.33. The zero-order chi connectivity index (χ0) is 16.0. The number of carbonyl (C=O) groups is 1. The maximum absolute atomic E-state index is 11.6. The average Bonchev–Trinajstić information content (AvgIpc) is 2.75. The second kappa shape index (κ2) is 8.17. The molecule has 21 heavy (non-hydrogen) atoms. The fourth-order valence-corrected chi connectivity index (χ4v) is 2.24. The minimum Gasteiger partial charge on any atom is -0.464 e. The number of furan rings is 1. The molecule has 0 atom stereocenters. The third-order valence-corrected chi connectivity index (χ3v) is 3.21. The van der Waals surface area contributed by atoms with Gasteiger partial charge in [-0.2, -0.15) is 0 Å². The zero-order valence-corrected chi connectivity index (χ0v) is 13.8. The van der Waals surface area contributed by atoms with E-state index < -0.39 is 0 Å². The van der Waals surface area contributed by atoms with Gasteiger partial charge in [0.25, 0.3) is 5.91 Å². The van der Waals surface area contributed by atoms with Crippen LogP contribution in [0.4, 0.5) is 0 Å². The Morgan fingerprint density at radius 3 is 2.57 bits per heavy atom. The van der Waals surface area contributed by atoms with Crippen LogP contribution in [-0.4, -0.2) is 49.4 Å². The molecule has 6 nitrogen and oxygen atoms in total. The normalized spacial score (nSPS) is 11.7. The van der Waals surface area contributed by atoms with Gasteiger partial charge in [-0.15, -0.1) is 0 Å². The number of nitrogen functional groups attached to an aromatic ring is 1. The molecule has 0 saturated heterocycles. The van der Waals surface area contributed by atoms with Crippen molar-refractivity contribution in [3.8, 4) is 0 Å². The summed E-state index contributed by atoms with van der Waals surface area (Å²) in [5, 5.41) is 0. The third kappa shape index (κ3) is 5.87. The Bertz CT molecular complexity index is 455. The molecule has 1 amide bonds. The van der Waals surface area contributed by atoms with Gasteiger partial charge in [0.05, 0.1) is 12.1 Å². The number of rotatable bonds is 8. The standard InChI is InChI=1S/C15H28N4O2/c1-11(2)9-19(7-6-18(4)5)10-13-8-14(12(3)21-13)15(20)17-16/h8,11H,6-7,9-10,16H2,1-5H3,(H,17,20). The van der Waals surface area contributed by atoms with Crippen LogP contribution in [0.15, 0.2) is 10.5 Å². The Morgan fingerprint density at radius 1 is 1.38 bits per heavy atom. The number of nitrogens with two attached hydrogens (primary N) is 1. The first kappa shape index (κ1) is 17.7. The van der Waals surface area contributed by atoms with E-state index in [0.717, 1.165) is 25.4 Å². The summed E-state index contributed by atoms with van der Waals surface area (Å²) in [6, 6.07) is 1.78. The third-order valence-electron chi connectivity index (χ3n) is 3.21. The summed E-state index contributed by atoms with van der Waals surface area (Å²) in [4.78, 5) is 16.1. The van der Waals surface area contributed by atoms with Crippen LogP contribution in [0.25, 0.3) is 0 Å². The molecule has 0 aromatic carbocycles. The molecule has 0 unspecified atom stereocenters. The number of likely N-dealkylation sites (N-methyl/N-ethyl adjacent to an activating group) is 1. The molecule has 1 heterocycles. The smallest absolute Gasteiger partial charge is 0.268 e. The lowest BCUT2D eigenvalue weighted by molar-refractivity contribution is 0.0952. The highest BCUT2D eigenvalue weighted by molar-refractivity contribution is 5.94. The highest BCUT2D eigenvalue weighted by Crippen LogP contribution is 2.17. The SMILES string of the molecule is Cc1oc(CN(CCN(C)C)CC(C)C)cc1C(=O)NN. The molecule has 0 saturated carbocycles. The van der Waals surface area contributed by atoms with Crippen molar-refractivity contribution in [3.63, 3.8) is 0 Å². The Labute approximate surface area is 127 Å². The van der Waals surface area contributed by atoms with E-state index in [4.69, 9.17) is 10.3 Å². The lowest BCUT2D eigenvalue weighted by atomic mass is 10.2. The van der Waals surface area contributed by atoms with Gasteiger partial charge < -0.3 is 9.32 Å². The molecular formula is C15H28N4O2. The van der Waals surface area contributed by atoms with Crippen molar-refractivity contribution in [2.75, 3.05) is 33.7 Å². The van der Waals surface area contributed by atoms with E-state index in [1.54, 1.807) is 13.0 Å². The van der Waals surface area contributed by atoms with Gasteiger partial charge in [0, 0.05) is 19.6 Å². The zero-order valence-electron chi connectivity index (χ0n) is 13.8. The van der Waals surface area contributed by atoms with Gasteiger partial charge in [0.1, 0.15) is 11.5 Å². The molecule has 0 aliphatic rings. The number of amides is 1. The predicted molar refractivity (Wildman–Crippen MR) is 83.8 cm³/mol. The fourth-order valence-electron chi connectivity index (χ4n) is 2.24. The predicted octanol–water partition coefficient (Wildman–Crippen LogP) is 1.21. The van der Waals surface area contributed by atoms with E-state index in [2.05, 4.69) is 43.2 Å². The molecule has 0 aliphatic carbocycles. The van der Waals surface area contributed by atoms with Gasteiger partial charge in [0.15, 0.2) is 0 Å². The van der Waals surface area contributed by atoms with Crippen LogP contribution in [0.5, 0.6) is 0 Å². The van der Waals surface area contributed by atoms with Crippen LogP contribution in [0.1, 0.15) is 35.7 Å². The molecule has 0 radical (unpaired) electrons. The Balaban J connectivity index is 2.75. The molecule has 6 heteroatoms. The number of nitrogens with one attached hydrogen (secondary N) is 1. The fraction of sp³-hybridized carbons (Fsp3) is 0.667. The molecule has 1 aromatic heterocycles. The molecule has 3 N–H and O–H groups in total. The van der Waals surface area contributed by atoms with E-state index in [0.29, 0.717) is 23.8 Å². The summed E-state index contributed by atoms with van der Waals surface area (Å²) in [6.45, 7) is 9.82. The largest absolute Gasteiger partial charge is 0.464 e. The van der Waals surface area contributed by atoms with Crippen molar-refractivity contribution in [3.05, 3.63) is 23.2 Å². The number of hydrogen-bond donors (Lipinski definition) is 2. The highest BCUT2D eigenvalue weighted by atomic mass is 16.3. The molecule has 0 bridgehead atoms. The molecule has 1 aromatic rings. The van der Waals surface area contributed by atoms with E-state index >= 15 is 0 Å². The second-order valence-electron chi connectivity index (χ2n) is 6.09. The summed E-state index contributed by atoms with van der Waals surface area (Å²) >= 11 is 0. The van der Waals surface area contributed by atoms with Gasteiger partial charge in [0.2, 0.25) is 0 Å². The van der Waals surface area contributed by atoms with Gasteiger partial charge in [-0.05, 0) is 33.0 Å². The first-order chi connectivity index (χ1) is 9.83. The summed E-state index contributed by atoms with van der Waals surface area (Å²) in [5.41, 5.74) is 2.65. The van der Waals surface area contributed by atoms with Crippen molar-refractivity contribution < 1.29 is 9.21 Å². The van der Waals surface area contributed by atoms with E-state index in [-0.39, 0.29) is 5.91 Å². The van der Waals surface area contributed by atoms with Gasteiger partial charge in [-0.25, -0.2) is 5.84 Å². The lowest BCUT2D eigenvalue weighted by Gasteiger charge is -2.24. The van der Waals surface area contributed by atoms with Crippen molar-refractivity contribution in [2.45, 2.75) is 27.3 Å². The molecule has 0 aliphatic heterocycles. The van der Waals surface area contributed by atoms with Crippen LogP contribution in [-0.2, 0) is 6.54 Å². The van der Waals surface area contributed by atoms with Gasteiger partial charge in [-0.3, -0.25) is 15.1 Å². The minimum absolute atomic E-state index is 0.314. The van der Waals surface area contributed by atoms with Crippen LogP contribution >= 0.6 is 0 Å². The first-order valence-electron chi connectivity index (χ1n) is 7.30. The monoisotopic (exact) mass is 296 g/mol. The molecule has 120 valence electrons. The Morgan fingerprint density at radius 2 is 2.05 bits per heavy atom. The van der Waals surface area contributed by atoms with Crippen molar-refractivity contribution in [1.29, 1.82) is 0 Å². The second-order valence-corrected chi connectivity index (χ2v) is 6.09. The number of nitrogens with zero attached hydrogens (tertiary/aromatic N) is 2. The number of hydrazine groups is 1. The maximum atomic E-state index is 11.6. The summed E-state index contributed by atoms with van der Waals surface area (Å²) in [7, 11) is 4.13. The van der Waals surface area contributed by atoms with E-state index in [9.17, 15) is 4.79 Å². The molecular weight excluding hydrogens is 268 g/mol. The maximum Gasteiger partial charge on any atom is 0.268 e. The number of hydrogen-bond acceptors (Lipinski definition) is 5. The van der Waals surface area contributed by atoms with Gasteiger partial charge >= 0.3 is 0 Å². The van der Waals surface area contributed by atoms with Crippen molar-refractivity contribution >= 4 is 5.91 Å². The molecule has 0 spiro atoms. The van der Waals surface area contributed by atoms with Crippen LogP contribution in [0.3, 0.4) is 0 Å². The summed E-state index contributed by atoms with van der Waals surface area (Å²) < 4.78 is 5.68. The highest BCUT2D eigenvalue weighted by Gasteiger charge is 2.16. The quantitative estimate of drug-likeness (QED) is 0.428.